The Labute approximate surface area is 354 Å². The molecule has 60 heavy (non-hydrogen) atoms. The lowest BCUT2D eigenvalue weighted by atomic mass is 9.80. The Bertz CT molecular complexity index is 2780. The molecule has 292 valence electrons. The van der Waals surface area contributed by atoms with E-state index in [1.165, 1.54) is 61.2 Å². The van der Waals surface area contributed by atoms with Gasteiger partial charge in [-0.3, -0.25) is 0 Å². The van der Waals surface area contributed by atoms with Crippen LogP contribution >= 0.6 is 0 Å². The second-order valence-corrected chi connectivity index (χ2v) is 16.4. The third-order valence-electron chi connectivity index (χ3n) is 12.4. The minimum absolute atomic E-state index is 0.245. The predicted octanol–water partition coefficient (Wildman–Crippen LogP) is 14.8. The predicted molar refractivity (Wildman–Crippen MR) is 252 cm³/mol. The zero-order chi connectivity index (χ0) is 40.1. The van der Waals surface area contributed by atoms with Crippen LogP contribution in [0.25, 0.3) is 61.5 Å². The largest absolute Gasteiger partial charge is 0.209 e. The van der Waals surface area contributed by atoms with Crippen LogP contribution in [0.2, 0.25) is 0 Å². The van der Waals surface area contributed by atoms with Crippen molar-refractivity contribution < 1.29 is 0 Å². The molecule has 0 aliphatic heterocycles. The van der Waals surface area contributed by atoms with E-state index in [0.29, 0.717) is 5.82 Å². The molecule has 5 aromatic rings. The molecule has 0 amide bonds. The van der Waals surface area contributed by atoms with Gasteiger partial charge in [-0.05, 0) is 155 Å². The first kappa shape index (κ1) is 37.6. The molecule has 0 N–H and O–H groups in total. The lowest BCUT2D eigenvalue weighted by Crippen LogP contribution is -2.11. The van der Waals surface area contributed by atoms with E-state index in [4.69, 9.17) is 15.0 Å². The van der Waals surface area contributed by atoms with Crippen LogP contribution in [0.4, 0.5) is 0 Å². The van der Waals surface area contributed by atoms with E-state index in [-0.39, 0.29) is 5.92 Å². The molecule has 0 fully saturated rings. The van der Waals surface area contributed by atoms with Crippen molar-refractivity contribution in [2.45, 2.75) is 57.8 Å². The Kier molecular flexibility index (Phi) is 10.8. The summed E-state index contributed by atoms with van der Waals surface area (Å²) < 4.78 is 0. The molecule has 4 aromatic carbocycles. The van der Waals surface area contributed by atoms with Crippen molar-refractivity contribution >= 4 is 27.9 Å². The van der Waals surface area contributed by atoms with Crippen LogP contribution in [0.1, 0.15) is 86.1 Å². The number of allylic oxidation sites excluding steroid dienone is 20. The van der Waals surface area contributed by atoms with Gasteiger partial charge in [-0.15, -0.1) is 0 Å². The number of benzene rings is 4. The smallest absolute Gasteiger partial charge is 0.164 e. The van der Waals surface area contributed by atoms with Crippen molar-refractivity contribution in [2.75, 3.05) is 0 Å². The first-order valence-electron chi connectivity index (χ1n) is 21.7. The highest BCUT2D eigenvalue weighted by atomic mass is 15.0. The quantitative estimate of drug-likeness (QED) is 0.150. The molecular formula is C57H49N3. The summed E-state index contributed by atoms with van der Waals surface area (Å²) in [7, 11) is 0. The highest BCUT2D eigenvalue weighted by Gasteiger charge is 2.24. The van der Waals surface area contributed by atoms with Gasteiger partial charge >= 0.3 is 0 Å². The highest BCUT2D eigenvalue weighted by molar-refractivity contribution is 5.87. The Morgan fingerprint density at radius 1 is 0.383 bits per heavy atom. The molecule has 1 unspecified atom stereocenters. The van der Waals surface area contributed by atoms with Crippen molar-refractivity contribution in [3.8, 4) is 33.6 Å². The van der Waals surface area contributed by atoms with Gasteiger partial charge in [0.15, 0.2) is 17.5 Å². The summed E-state index contributed by atoms with van der Waals surface area (Å²) in [6.45, 7) is 0. The summed E-state index contributed by atoms with van der Waals surface area (Å²) in [6.07, 6.45) is 40.7. The Morgan fingerprint density at radius 3 is 1.57 bits per heavy atom. The molecule has 5 aliphatic rings. The van der Waals surface area contributed by atoms with Crippen LogP contribution in [0.5, 0.6) is 0 Å². The third-order valence-corrected chi connectivity index (χ3v) is 12.4. The first-order chi connectivity index (χ1) is 29.7. The standard InChI is InChI=1S/C57H49N3/c1-6-18-40(19-7-1)45-28-16-30-47(32-45)51-34-49(42-22-10-3-11-23-42)36-53(38-51)56-58-55(44-26-14-5-15-27-44)59-57(60-56)54-37-50(43-24-12-4-13-25-43)35-52(39-54)48-31-17-29-46(33-48)41-20-8-2-9-21-41/h1-8,10,12,14,16-20,22,24,26,28-33,35-39,49H,9,11,13,15,21,23,25,27,34H2. The minimum atomic E-state index is 0.245. The molecule has 1 heterocycles. The van der Waals surface area contributed by atoms with Gasteiger partial charge in [0, 0.05) is 17.1 Å². The van der Waals surface area contributed by atoms with E-state index in [9.17, 15) is 0 Å². The molecule has 0 saturated heterocycles. The summed E-state index contributed by atoms with van der Waals surface area (Å²) in [5.74, 6) is 2.44. The molecule has 0 radical (unpaired) electrons. The molecule has 3 heteroatoms. The van der Waals surface area contributed by atoms with Crippen LogP contribution in [0, 0.1) is 5.92 Å². The number of nitrogens with zero attached hydrogens (tertiary/aromatic N) is 3. The van der Waals surface area contributed by atoms with Gasteiger partial charge in [0.1, 0.15) is 0 Å². The van der Waals surface area contributed by atoms with Gasteiger partial charge in [-0.1, -0.05) is 151 Å². The fourth-order valence-electron chi connectivity index (χ4n) is 9.11. The molecule has 0 spiro atoms. The van der Waals surface area contributed by atoms with Gasteiger partial charge in [0.05, 0.1) is 0 Å². The first-order valence-corrected chi connectivity index (χ1v) is 21.7. The number of hydrogen-bond acceptors (Lipinski definition) is 3. The highest BCUT2D eigenvalue weighted by Crippen LogP contribution is 2.41. The van der Waals surface area contributed by atoms with Crippen LogP contribution in [0.3, 0.4) is 0 Å². The SMILES string of the molecule is C1=CCCC(c2cccc(-c3cc(C4=CC=CCC4)cc(-c4nc(C5=CC(C6=CC=CCC6)CC(c6cccc(-c7ccccc7)c6)=C5)nc(C5=CC=CCC5)n4)c3)c2)=C1. The van der Waals surface area contributed by atoms with E-state index >= 15 is 0 Å². The fourth-order valence-corrected chi connectivity index (χ4v) is 9.11. The van der Waals surface area contributed by atoms with Crippen molar-refractivity contribution in [3.05, 3.63) is 216 Å². The van der Waals surface area contributed by atoms with Gasteiger partial charge in [0.2, 0.25) is 0 Å². The van der Waals surface area contributed by atoms with Crippen molar-refractivity contribution in [1.29, 1.82) is 0 Å². The second kappa shape index (κ2) is 17.3. The topological polar surface area (TPSA) is 38.7 Å². The average molecular weight is 776 g/mol. The Hall–Kier alpha value is -6.71. The molecular weight excluding hydrogens is 727 g/mol. The van der Waals surface area contributed by atoms with Gasteiger partial charge in [-0.2, -0.15) is 0 Å². The number of hydrogen-bond donors (Lipinski definition) is 0. The Balaban J connectivity index is 1.13. The minimum Gasteiger partial charge on any atom is -0.209 e. The molecule has 1 aromatic heterocycles. The van der Waals surface area contributed by atoms with Crippen molar-refractivity contribution in [2.24, 2.45) is 5.92 Å². The van der Waals surface area contributed by atoms with E-state index in [2.05, 4.69) is 182 Å². The maximum atomic E-state index is 5.44. The Morgan fingerprint density at radius 2 is 0.900 bits per heavy atom. The van der Waals surface area contributed by atoms with Crippen molar-refractivity contribution in [3.63, 3.8) is 0 Å². The van der Waals surface area contributed by atoms with Crippen molar-refractivity contribution in [1.82, 2.24) is 15.0 Å². The second-order valence-electron chi connectivity index (χ2n) is 16.4. The fraction of sp³-hybridized carbons (Fsp3) is 0.175. The number of rotatable bonds is 9. The maximum absolute atomic E-state index is 5.44. The van der Waals surface area contributed by atoms with Crippen LogP contribution in [0.15, 0.2) is 188 Å². The van der Waals surface area contributed by atoms with Gasteiger partial charge in [-0.25, -0.2) is 15.0 Å². The molecule has 3 nitrogen and oxygen atoms in total. The van der Waals surface area contributed by atoms with E-state index in [0.717, 1.165) is 86.1 Å². The summed E-state index contributed by atoms with van der Waals surface area (Å²) >= 11 is 0. The van der Waals surface area contributed by atoms with E-state index in [1.807, 2.05) is 0 Å². The lowest BCUT2D eigenvalue weighted by molar-refractivity contribution is 0.721. The summed E-state index contributed by atoms with van der Waals surface area (Å²) in [6, 6.07) is 35.7. The molecule has 0 saturated carbocycles. The molecule has 1 atom stereocenters. The molecule has 10 rings (SSSR count). The van der Waals surface area contributed by atoms with E-state index in [1.54, 1.807) is 0 Å². The average Bonchev–Trinajstić information content (AvgIpc) is 3.35. The summed E-state index contributed by atoms with van der Waals surface area (Å²) in [5.41, 5.74) is 17.3. The van der Waals surface area contributed by atoms with Crippen LogP contribution < -0.4 is 0 Å². The van der Waals surface area contributed by atoms with Crippen LogP contribution in [-0.4, -0.2) is 15.0 Å². The molecule has 5 aliphatic carbocycles. The van der Waals surface area contributed by atoms with E-state index < -0.39 is 0 Å². The lowest BCUT2D eigenvalue weighted by Gasteiger charge is -2.25. The zero-order valence-corrected chi connectivity index (χ0v) is 34.1. The van der Waals surface area contributed by atoms with Crippen LogP contribution in [-0.2, 0) is 0 Å². The third kappa shape index (κ3) is 8.26. The normalized spacial score (nSPS) is 18.6. The maximum Gasteiger partial charge on any atom is 0.164 e. The number of aromatic nitrogens is 3. The summed E-state index contributed by atoms with van der Waals surface area (Å²) in [5, 5.41) is 0. The zero-order valence-electron chi connectivity index (χ0n) is 34.1. The summed E-state index contributed by atoms with van der Waals surface area (Å²) in [4.78, 5) is 16.1. The monoisotopic (exact) mass is 775 g/mol. The van der Waals surface area contributed by atoms with Gasteiger partial charge < -0.3 is 0 Å². The molecule has 0 bridgehead atoms. The van der Waals surface area contributed by atoms with Gasteiger partial charge in [0.25, 0.3) is 0 Å².